The number of aromatic nitrogens is 3. The molecule has 18 heavy (non-hydrogen) atoms. The molecule has 0 saturated heterocycles. The summed E-state index contributed by atoms with van der Waals surface area (Å²) in [5.41, 5.74) is 0.854. The van der Waals surface area contributed by atoms with Crippen molar-refractivity contribution in [3.05, 3.63) is 35.5 Å². The average Bonchev–Trinajstić information content (AvgIpc) is 3.00. The Balaban J connectivity index is 1.93. The van der Waals surface area contributed by atoms with Crippen molar-refractivity contribution in [3.8, 4) is 6.07 Å². The maximum atomic E-state index is 10.5. The molecule has 0 aliphatic heterocycles. The molecule has 0 amide bonds. The van der Waals surface area contributed by atoms with Gasteiger partial charge in [0.1, 0.15) is 12.3 Å². The quantitative estimate of drug-likeness (QED) is 0.569. The van der Waals surface area contributed by atoms with Gasteiger partial charge in [-0.05, 0) is 25.0 Å². The van der Waals surface area contributed by atoms with Crippen LogP contribution in [-0.4, -0.2) is 21.3 Å². The molecule has 2 aromatic heterocycles. The highest BCUT2D eigenvalue weighted by molar-refractivity contribution is 5.70. The number of hydrogen-bond acceptors (Lipinski definition) is 5. The van der Waals surface area contributed by atoms with E-state index in [-0.39, 0.29) is 0 Å². The number of furan rings is 1. The van der Waals surface area contributed by atoms with E-state index in [4.69, 9.17) is 9.68 Å². The van der Waals surface area contributed by atoms with Crippen LogP contribution in [-0.2, 0) is 13.0 Å². The van der Waals surface area contributed by atoms with Crippen molar-refractivity contribution >= 4 is 6.29 Å². The van der Waals surface area contributed by atoms with Crippen LogP contribution in [0.25, 0.3) is 0 Å². The Morgan fingerprint density at radius 2 is 2.39 bits per heavy atom. The summed E-state index contributed by atoms with van der Waals surface area (Å²) in [5.74, 6) is 0.963. The van der Waals surface area contributed by atoms with Crippen LogP contribution in [0.1, 0.15) is 34.9 Å². The number of unbranched alkanes of at least 4 members (excludes halogenated alkanes) is 1. The average molecular weight is 244 g/mol. The molecular weight excluding hydrogens is 232 g/mol. The summed E-state index contributed by atoms with van der Waals surface area (Å²) < 4.78 is 6.89. The Labute approximate surface area is 104 Å². The minimum atomic E-state index is 0.305. The van der Waals surface area contributed by atoms with Crippen LogP contribution in [0.3, 0.4) is 0 Å². The highest BCUT2D eigenvalue weighted by atomic mass is 16.3. The van der Waals surface area contributed by atoms with E-state index < -0.39 is 0 Å². The molecule has 0 saturated carbocycles. The van der Waals surface area contributed by atoms with Gasteiger partial charge in [-0.15, -0.1) is 5.10 Å². The lowest BCUT2D eigenvalue weighted by atomic mass is 10.2. The lowest BCUT2D eigenvalue weighted by Crippen LogP contribution is -1.98. The van der Waals surface area contributed by atoms with E-state index in [0.29, 0.717) is 30.8 Å². The van der Waals surface area contributed by atoms with Crippen molar-refractivity contribution in [3.63, 3.8) is 0 Å². The van der Waals surface area contributed by atoms with Crippen molar-refractivity contribution in [1.29, 1.82) is 5.26 Å². The predicted octanol–water partition coefficient (Wildman–Crippen LogP) is 1.58. The summed E-state index contributed by atoms with van der Waals surface area (Å²) in [6.45, 7) is 0.444. The zero-order chi connectivity index (χ0) is 12.8. The third-order valence-corrected chi connectivity index (χ3v) is 2.42. The van der Waals surface area contributed by atoms with E-state index >= 15 is 0 Å². The number of aryl methyl sites for hydroxylation is 1. The van der Waals surface area contributed by atoms with E-state index in [1.54, 1.807) is 16.8 Å². The summed E-state index contributed by atoms with van der Waals surface area (Å²) in [6.07, 6.45) is 4.53. The van der Waals surface area contributed by atoms with Gasteiger partial charge in [-0.3, -0.25) is 4.79 Å². The number of hydrogen-bond donors (Lipinski definition) is 0. The van der Waals surface area contributed by atoms with Crippen molar-refractivity contribution in [2.75, 3.05) is 0 Å². The molecule has 2 aromatic rings. The normalized spacial score (nSPS) is 10.2. The molecule has 0 bridgehead atoms. The fourth-order valence-corrected chi connectivity index (χ4v) is 1.58. The van der Waals surface area contributed by atoms with Crippen LogP contribution in [0, 0.1) is 11.3 Å². The highest BCUT2D eigenvalue weighted by Gasteiger charge is 2.05. The molecule has 0 N–H and O–H groups in total. The Bertz CT molecular complexity index is 565. The maximum Gasteiger partial charge on any atom is 0.185 e. The topological polar surface area (TPSA) is 84.7 Å². The summed E-state index contributed by atoms with van der Waals surface area (Å²) in [7, 11) is 0. The maximum absolute atomic E-state index is 10.5. The molecule has 6 heteroatoms. The first-order valence-electron chi connectivity index (χ1n) is 5.61. The van der Waals surface area contributed by atoms with Gasteiger partial charge < -0.3 is 4.42 Å². The van der Waals surface area contributed by atoms with Crippen LogP contribution < -0.4 is 0 Å². The number of carbonyl (C=O) groups excluding carboxylic acids is 1. The Morgan fingerprint density at radius 1 is 1.50 bits per heavy atom. The molecule has 2 heterocycles. The molecule has 0 aromatic carbocycles. The second-order valence-electron chi connectivity index (χ2n) is 3.84. The first kappa shape index (κ1) is 12.0. The molecule has 0 spiro atoms. The van der Waals surface area contributed by atoms with Crippen molar-refractivity contribution < 1.29 is 9.21 Å². The summed E-state index contributed by atoms with van der Waals surface area (Å²) in [4.78, 5) is 10.5. The lowest BCUT2D eigenvalue weighted by Gasteiger charge is -1.95. The van der Waals surface area contributed by atoms with Gasteiger partial charge in [0.15, 0.2) is 12.0 Å². The fraction of sp³-hybridized carbons (Fsp3) is 0.333. The van der Waals surface area contributed by atoms with Crippen molar-refractivity contribution in [2.45, 2.75) is 25.8 Å². The van der Waals surface area contributed by atoms with Gasteiger partial charge >= 0.3 is 0 Å². The van der Waals surface area contributed by atoms with E-state index in [1.165, 1.54) is 0 Å². The minimum Gasteiger partial charge on any atom is -0.456 e. The van der Waals surface area contributed by atoms with E-state index in [1.807, 2.05) is 6.20 Å². The zero-order valence-corrected chi connectivity index (χ0v) is 9.74. The third-order valence-electron chi connectivity index (χ3n) is 2.42. The van der Waals surface area contributed by atoms with Gasteiger partial charge in [0, 0.05) is 12.6 Å². The van der Waals surface area contributed by atoms with Gasteiger partial charge in [0.05, 0.1) is 11.8 Å². The summed E-state index contributed by atoms with van der Waals surface area (Å²) in [6, 6.07) is 5.45. The van der Waals surface area contributed by atoms with Crippen molar-refractivity contribution in [2.24, 2.45) is 0 Å². The largest absolute Gasteiger partial charge is 0.456 e. The van der Waals surface area contributed by atoms with E-state index in [9.17, 15) is 4.79 Å². The molecule has 6 nitrogen and oxygen atoms in total. The molecule has 0 radical (unpaired) electrons. The van der Waals surface area contributed by atoms with Gasteiger partial charge in [-0.25, -0.2) is 4.68 Å². The smallest absolute Gasteiger partial charge is 0.185 e. The number of nitrogens with zero attached hydrogens (tertiary/aromatic N) is 4. The standard InChI is InChI=1S/C12H12N4O2/c13-6-2-1-3-10-7-16(15-14-10)8-11-4-5-12(9-17)18-11/h4-5,7,9H,1-3,8H2. The van der Waals surface area contributed by atoms with Crippen LogP contribution in [0.15, 0.2) is 22.7 Å². The molecule has 0 atom stereocenters. The van der Waals surface area contributed by atoms with Gasteiger partial charge in [0.2, 0.25) is 0 Å². The van der Waals surface area contributed by atoms with Gasteiger partial charge in [0.25, 0.3) is 0 Å². The summed E-state index contributed by atoms with van der Waals surface area (Å²) >= 11 is 0. The van der Waals surface area contributed by atoms with E-state index in [0.717, 1.165) is 18.5 Å². The third kappa shape index (κ3) is 3.04. The molecule has 2 rings (SSSR count). The molecule has 92 valence electrons. The molecule has 0 aliphatic carbocycles. The van der Waals surface area contributed by atoms with Crippen LogP contribution in [0.5, 0.6) is 0 Å². The number of nitriles is 1. The van der Waals surface area contributed by atoms with Crippen molar-refractivity contribution in [1.82, 2.24) is 15.0 Å². The van der Waals surface area contributed by atoms with Crippen LogP contribution >= 0.6 is 0 Å². The van der Waals surface area contributed by atoms with Crippen LogP contribution in [0.2, 0.25) is 0 Å². The second kappa shape index (κ2) is 5.77. The summed E-state index contributed by atoms with van der Waals surface area (Å²) in [5, 5.41) is 16.4. The van der Waals surface area contributed by atoms with Gasteiger partial charge in [-0.1, -0.05) is 5.21 Å². The lowest BCUT2D eigenvalue weighted by molar-refractivity contribution is 0.109. The molecular formula is C12H12N4O2. The first-order chi connectivity index (χ1) is 8.81. The molecule has 0 aliphatic rings. The predicted molar refractivity (Wildman–Crippen MR) is 61.8 cm³/mol. The Morgan fingerprint density at radius 3 is 3.11 bits per heavy atom. The number of aldehydes is 1. The fourth-order valence-electron chi connectivity index (χ4n) is 1.58. The Kier molecular flexibility index (Phi) is 3.86. The SMILES string of the molecule is N#CCCCc1cn(Cc2ccc(C=O)o2)nn1. The Hall–Kier alpha value is -2.42. The first-order valence-corrected chi connectivity index (χ1v) is 5.61. The monoisotopic (exact) mass is 244 g/mol. The second-order valence-corrected chi connectivity index (χ2v) is 3.84. The number of carbonyl (C=O) groups is 1. The molecule has 0 fully saturated rings. The van der Waals surface area contributed by atoms with Gasteiger partial charge in [-0.2, -0.15) is 5.26 Å². The highest BCUT2D eigenvalue weighted by Crippen LogP contribution is 2.08. The molecule has 0 unspecified atom stereocenters. The van der Waals surface area contributed by atoms with Crippen LogP contribution in [0.4, 0.5) is 0 Å². The number of rotatable bonds is 6. The van der Waals surface area contributed by atoms with E-state index in [2.05, 4.69) is 16.4 Å². The minimum absolute atomic E-state index is 0.305. The zero-order valence-electron chi connectivity index (χ0n) is 9.74.